The average molecular weight is 416 g/mol. The third-order valence-corrected chi connectivity index (χ3v) is 5.00. The first-order valence-corrected chi connectivity index (χ1v) is 9.57. The predicted molar refractivity (Wildman–Crippen MR) is 117 cm³/mol. The maximum absolute atomic E-state index is 13.0. The lowest BCUT2D eigenvalue weighted by Crippen LogP contribution is -2.34. The van der Waals surface area contributed by atoms with E-state index in [-0.39, 0.29) is 11.3 Å². The number of fused-ring (bicyclic) bond motifs is 1. The van der Waals surface area contributed by atoms with Crippen molar-refractivity contribution in [3.63, 3.8) is 0 Å². The molecule has 3 amide bonds. The van der Waals surface area contributed by atoms with Crippen LogP contribution in [-0.2, 0) is 7.05 Å². The number of benzene rings is 1. The Bertz CT molecular complexity index is 1370. The highest BCUT2D eigenvalue weighted by Gasteiger charge is 2.15. The van der Waals surface area contributed by atoms with Gasteiger partial charge in [0.2, 0.25) is 0 Å². The summed E-state index contributed by atoms with van der Waals surface area (Å²) in [5.74, 6) is -0.621. The molecule has 0 aliphatic rings. The summed E-state index contributed by atoms with van der Waals surface area (Å²) in [7, 11) is 1.72. The molecule has 156 valence electrons. The number of furan rings is 1. The highest BCUT2D eigenvalue weighted by Crippen LogP contribution is 2.26. The summed E-state index contributed by atoms with van der Waals surface area (Å²) in [5.41, 5.74) is 3.95. The Morgan fingerprint density at radius 1 is 1.06 bits per heavy atom. The Kier molecular flexibility index (Phi) is 5.12. The van der Waals surface area contributed by atoms with Crippen LogP contribution in [0.4, 0.5) is 10.5 Å². The molecule has 2 N–H and O–H groups in total. The first-order chi connectivity index (χ1) is 14.8. The van der Waals surface area contributed by atoms with Crippen LogP contribution >= 0.6 is 0 Å². The third kappa shape index (κ3) is 3.95. The van der Waals surface area contributed by atoms with Crippen molar-refractivity contribution < 1.29 is 14.0 Å². The second-order valence-electron chi connectivity index (χ2n) is 7.22. The Morgan fingerprint density at radius 2 is 1.87 bits per heavy atom. The Hall–Kier alpha value is -4.20. The Labute approximate surface area is 177 Å². The van der Waals surface area contributed by atoms with Crippen LogP contribution in [0.3, 0.4) is 0 Å². The number of aryl methyl sites for hydroxylation is 3. The van der Waals surface area contributed by atoms with Crippen LogP contribution in [0.15, 0.2) is 64.1 Å². The fourth-order valence-corrected chi connectivity index (χ4v) is 3.38. The van der Waals surface area contributed by atoms with E-state index in [1.54, 1.807) is 48.1 Å². The number of anilines is 1. The van der Waals surface area contributed by atoms with Crippen LogP contribution < -0.4 is 16.2 Å². The molecule has 0 fully saturated rings. The number of urea groups is 1. The van der Waals surface area contributed by atoms with Gasteiger partial charge in [0.15, 0.2) is 5.76 Å². The molecule has 0 unspecified atom stereocenters. The number of hydrogen-bond acceptors (Lipinski definition) is 5. The molecule has 3 heterocycles. The van der Waals surface area contributed by atoms with Gasteiger partial charge in [0.1, 0.15) is 0 Å². The number of rotatable bonds is 3. The van der Waals surface area contributed by atoms with Gasteiger partial charge in [-0.25, -0.2) is 4.79 Å². The lowest BCUT2D eigenvalue weighted by molar-refractivity contribution is 0.0940. The SMILES string of the molecule is Cc1cc2c(cn1)cc(-c1cc(NC(=O)NC(=O)c3ccco3)ccc1C)c(=O)n2C. The molecular formula is C23H20N4O4. The molecule has 0 bridgehead atoms. The maximum Gasteiger partial charge on any atom is 0.326 e. The minimum atomic E-state index is -0.706. The molecule has 31 heavy (non-hydrogen) atoms. The summed E-state index contributed by atoms with van der Waals surface area (Å²) in [6.07, 6.45) is 3.08. The van der Waals surface area contributed by atoms with E-state index >= 15 is 0 Å². The minimum absolute atomic E-state index is 0.0308. The summed E-state index contributed by atoms with van der Waals surface area (Å²) >= 11 is 0. The van der Waals surface area contributed by atoms with Crippen molar-refractivity contribution in [2.45, 2.75) is 13.8 Å². The van der Waals surface area contributed by atoms with E-state index in [1.165, 1.54) is 12.3 Å². The molecule has 0 radical (unpaired) electrons. The van der Waals surface area contributed by atoms with Crippen LogP contribution in [0.5, 0.6) is 0 Å². The number of amides is 3. The molecule has 0 spiro atoms. The number of aromatic nitrogens is 2. The van der Waals surface area contributed by atoms with Crippen molar-refractivity contribution in [3.8, 4) is 11.1 Å². The topological polar surface area (TPSA) is 106 Å². The predicted octanol–water partition coefficient (Wildman–Crippen LogP) is 3.77. The summed E-state index contributed by atoms with van der Waals surface area (Å²) < 4.78 is 6.56. The standard InChI is InChI=1S/C23H20N4O4/c1-13-6-7-16(25-23(30)26-21(28)20-5-4-8-31-20)11-17(13)18-10-15-12-24-14(2)9-19(15)27(3)22(18)29/h4-12H,1-3H3,(H2,25,26,28,30). The first kappa shape index (κ1) is 20.1. The van der Waals surface area contributed by atoms with Gasteiger partial charge in [-0.2, -0.15) is 0 Å². The molecular weight excluding hydrogens is 396 g/mol. The van der Waals surface area contributed by atoms with Gasteiger partial charge in [0, 0.05) is 35.6 Å². The minimum Gasteiger partial charge on any atom is -0.459 e. The molecule has 0 aliphatic carbocycles. The molecule has 3 aromatic heterocycles. The highest BCUT2D eigenvalue weighted by molar-refractivity contribution is 6.06. The first-order valence-electron chi connectivity index (χ1n) is 9.57. The van der Waals surface area contributed by atoms with Crippen LogP contribution in [0.25, 0.3) is 22.0 Å². The van der Waals surface area contributed by atoms with Crippen LogP contribution in [-0.4, -0.2) is 21.5 Å². The normalized spacial score (nSPS) is 10.8. The fourth-order valence-electron chi connectivity index (χ4n) is 3.38. The molecule has 4 aromatic rings. The van der Waals surface area contributed by atoms with E-state index in [0.29, 0.717) is 16.8 Å². The zero-order chi connectivity index (χ0) is 22.1. The summed E-state index contributed by atoms with van der Waals surface area (Å²) in [5, 5.41) is 5.65. The van der Waals surface area contributed by atoms with E-state index < -0.39 is 11.9 Å². The summed E-state index contributed by atoms with van der Waals surface area (Å²) in [6, 6.07) is 11.2. The second kappa shape index (κ2) is 7.91. The van der Waals surface area contributed by atoms with Crippen molar-refractivity contribution >= 4 is 28.5 Å². The lowest BCUT2D eigenvalue weighted by Gasteiger charge is -2.13. The lowest BCUT2D eigenvalue weighted by atomic mass is 9.99. The smallest absolute Gasteiger partial charge is 0.326 e. The number of carbonyl (C=O) groups is 2. The largest absolute Gasteiger partial charge is 0.459 e. The Balaban J connectivity index is 1.66. The second-order valence-corrected chi connectivity index (χ2v) is 7.22. The van der Waals surface area contributed by atoms with E-state index in [0.717, 1.165) is 22.2 Å². The highest BCUT2D eigenvalue weighted by atomic mass is 16.3. The average Bonchev–Trinajstić information content (AvgIpc) is 3.28. The molecule has 0 atom stereocenters. The van der Waals surface area contributed by atoms with Gasteiger partial charge in [-0.3, -0.25) is 19.9 Å². The number of imide groups is 1. The number of carbonyl (C=O) groups excluding carboxylic acids is 2. The van der Waals surface area contributed by atoms with Crippen molar-refractivity contribution in [2.24, 2.45) is 7.05 Å². The van der Waals surface area contributed by atoms with Gasteiger partial charge in [0.25, 0.3) is 11.5 Å². The third-order valence-electron chi connectivity index (χ3n) is 5.00. The van der Waals surface area contributed by atoms with E-state index in [2.05, 4.69) is 15.6 Å². The van der Waals surface area contributed by atoms with Crippen molar-refractivity contribution in [1.82, 2.24) is 14.9 Å². The van der Waals surface area contributed by atoms with Crippen molar-refractivity contribution in [3.05, 3.63) is 82.3 Å². The molecule has 4 rings (SSSR count). The zero-order valence-electron chi connectivity index (χ0n) is 17.2. The van der Waals surface area contributed by atoms with Gasteiger partial charge in [-0.1, -0.05) is 6.07 Å². The fraction of sp³-hybridized carbons (Fsp3) is 0.130. The number of pyridine rings is 2. The number of hydrogen-bond donors (Lipinski definition) is 2. The van der Waals surface area contributed by atoms with Crippen LogP contribution in [0, 0.1) is 13.8 Å². The van der Waals surface area contributed by atoms with E-state index in [4.69, 9.17) is 4.42 Å². The number of nitrogens with one attached hydrogen (secondary N) is 2. The van der Waals surface area contributed by atoms with Crippen LogP contribution in [0.2, 0.25) is 0 Å². The molecule has 0 saturated heterocycles. The molecule has 0 saturated carbocycles. The van der Waals surface area contributed by atoms with Gasteiger partial charge in [-0.15, -0.1) is 0 Å². The maximum atomic E-state index is 13.0. The van der Waals surface area contributed by atoms with Crippen LogP contribution in [0.1, 0.15) is 21.8 Å². The zero-order valence-corrected chi connectivity index (χ0v) is 17.2. The van der Waals surface area contributed by atoms with Crippen molar-refractivity contribution in [2.75, 3.05) is 5.32 Å². The van der Waals surface area contributed by atoms with Gasteiger partial charge in [-0.05, 0) is 61.4 Å². The van der Waals surface area contributed by atoms with Gasteiger partial charge >= 0.3 is 6.03 Å². The number of nitrogens with zero attached hydrogens (tertiary/aromatic N) is 2. The van der Waals surface area contributed by atoms with Gasteiger partial charge in [0.05, 0.1) is 11.8 Å². The summed E-state index contributed by atoms with van der Waals surface area (Å²) in [6.45, 7) is 3.76. The monoisotopic (exact) mass is 416 g/mol. The molecule has 8 nitrogen and oxygen atoms in total. The Morgan fingerprint density at radius 3 is 2.61 bits per heavy atom. The van der Waals surface area contributed by atoms with Gasteiger partial charge < -0.3 is 14.3 Å². The quantitative estimate of drug-likeness (QED) is 0.529. The molecule has 1 aromatic carbocycles. The van der Waals surface area contributed by atoms with E-state index in [9.17, 15) is 14.4 Å². The molecule has 8 heteroatoms. The summed E-state index contributed by atoms with van der Waals surface area (Å²) in [4.78, 5) is 41.5. The van der Waals surface area contributed by atoms with E-state index in [1.807, 2.05) is 19.9 Å². The molecule has 0 aliphatic heterocycles. The van der Waals surface area contributed by atoms with Crippen molar-refractivity contribution in [1.29, 1.82) is 0 Å².